The van der Waals surface area contributed by atoms with Crippen molar-refractivity contribution in [3.05, 3.63) is 12.2 Å². The molecule has 0 saturated heterocycles. The molecule has 0 amide bonds. The van der Waals surface area contributed by atoms with Gasteiger partial charge < -0.3 is 0 Å². The van der Waals surface area contributed by atoms with Crippen LogP contribution in [0.15, 0.2) is 12.2 Å². The van der Waals surface area contributed by atoms with Gasteiger partial charge >= 0.3 is 0 Å². The van der Waals surface area contributed by atoms with Crippen molar-refractivity contribution in [1.82, 2.24) is 0 Å². The lowest BCUT2D eigenvalue weighted by atomic mass is 9.92. The normalized spacial score (nSPS) is 37.2. The minimum Gasteiger partial charge on any atom is -0.0914 e. The molecule has 1 rings (SSSR count). The molecule has 1 aliphatic rings. The molecule has 0 heterocycles. The molecule has 1 saturated carbocycles. The van der Waals surface area contributed by atoms with E-state index < -0.39 is 0 Å². The van der Waals surface area contributed by atoms with Gasteiger partial charge in [-0.15, -0.1) is 0 Å². The van der Waals surface area contributed by atoms with Gasteiger partial charge in [0.1, 0.15) is 0 Å². The second-order valence-electron chi connectivity index (χ2n) is 4.67. The summed E-state index contributed by atoms with van der Waals surface area (Å²) in [6.07, 6.45) is 8.73. The fourth-order valence-corrected chi connectivity index (χ4v) is 2.52. The van der Waals surface area contributed by atoms with E-state index in [1.807, 2.05) is 0 Å². The van der Waals surface area contributed by atoms with Crippen LogP contribution in [-0.2, 0) is 0 Å². The molecule has 0 radical (unpaired) electrons. The van der Waals surface area contributed by atoms with Crippen LogP contribution in [0.1, 0.15) is 47.0 Å². The van der Waals surface area contributed by atoms with Gasteiger partial charge in [-0.3, -0.25) is 0 Å². The fraction of sp³-hybridized carbons (Fsp3) is 0.833. The first-order valence-electron chi connectivity index (χ1n) is 5.25. The lowest BCUT2D eigenvalue weighted by Crippen LogP contribution is -2.03. The van der Waals surface area contributed by atoms with Gasteiger partial charge in [0.15, 0.2) is 0 Å². The maximum atomic E-state index is 2.45. The molecule has 12 heavy (non-hydrogen) atoms. The van der Waals surface area contributed by atoms with Crippen LogP contribution in [0.4, 0.5) is 0 Å². The maximum absolute atomic E-state index is 2.45. The van der Waals surface area contributed by atoms with Gasteiger partial charge in [0.05, 0.1) is 0 Å². The number of rotatable bonds is 4. The summed E-state index contributed by atoms with van der Waals surface area (Å²) in [5.41, 5.74) is 0.688. The summed E-state index contributed by atoms with van der Waals surface area (Å²) in [5.74, 6) is 1.79. The Hall–Kier alpha value is -0.260. The smallest absolute Gasteiger partial charge is 0.0257 e. The van der Waals surface area contributed by atoms with Crippen LogP contribution in [0, 0.1) is 17.3 Å². The van der Waals surface area contributed by atoms with E-state index >= 15 is 0 Å². The first-order chi connectivity index (χ1) is 5.62. The summed E-state index contributed by atoms with van der Waals surface area (Å²) >= 11 is 0. The molecular formula is C12H22. The number of hydrogen-bond acceptors (Lipinski definition) is 0. The second kappa shape index (κ2) is 3.64. The first kappa shape index (κ1) is 9.83. The monoisotopic (exact) mass is 166 g/mol. The Balaban J connectivity index is 2.32. The summed E-state index contributed by atoms with van der Waals surface area (Å²) in [5, 5.41) is 0. The second-order valence-corrected chi connectivity index (χ2v) is 4.67. The van der Waals surface area contributed by atoms with Crippen LogP contribution >= 0.6 is 0 Å². The highest BCUT2D eigenvalue weighted by molar-refractivity contribution is 5.01. The molecule has 1 aliphatic carbocycles. The van der Waals surface area contributed by atoms with Crippen LogP contribution in [0.2, 0.25) is 0 Å². The van der Waals surface area contributed by atoms with E-state index in [-0.39, 0.29) is 0 Å². The molecule has 0 heteroatoms. The molecular weight excluding hydrogens is 144 g/mol. The number of allylic oxidation sites excluding steroid dienone is 2. The van der Waals surface area contributed by atoms with Gasteiger partial charge in [0.25, 0.3) is 0 Å². The highest BCUT2D eigenvalue weighted by Gasteiger charge is 2.48. The average Bonchev–Trinajstić information content (AvgIpc) is 2.61. The molecule has 1 fully saturated rings. The van der Waals surface area contributed by atoms with Crippen molar-refractivity contribution in [2.24, 2.45) is 17.3 Å². The van der Waals surface area contributed by atoms with E-state index in [9.17, 15) is 0 Å². The first-order valence-corrected chi connectivity index (χ1v) is 5.25. The minimum absolute atomic E-state index is 0.688. The van der Waals surface area contributed by atoms with E-state index in [1.165, 1.54) is 19.3 Å². The van der Waals surface area contributed by atoms with Crippen LogP contribution < -0.4 is 0 Å². The molecule has 0 bridgehead atoms. The van der Waals surface area contributed by atoms with E-state index in [1.54, 1.807) is 0 Å². The van der Waals surface area contributed by atoms with Crippen molar-refractivity contribution in [3.63, 3.8) is 0 Å². The van der Waals surface area contributed by atoms with Crippen molar-refractivity contribution in [1.29, 1.82) is 0 Å². The predicted octanol–water partition coefficient (Wildman–Crippen LogP) is 4.02. The lowest BCUT2D eigenvalue weighted by Gasteiger charge is -2.13. The summed E-state index contributed by atoms with van der Waals surface area (Å²) in [7, 11) is 0. The van der Waals surface area contributed by atoms with Crippen molar-refractivity contribution in [3.8, 4) is 0 Å². The highest BCUT2D eigenvalue weighted by atomic mass is 14.5. The summed E-state index contributed by atoms with van der Waals surface area (Å²) in [6.45, 7) is 9.21. The third-order valence-electron chi connectivity index (χ3n) is 3.34. The summed E-state index contributed by atoms with van der Waals surface area (Å²) in [6, 6.07) is 0. The molecule has 0 aromatic carbocycles. The van der Waals surface area contributed by atoms with E-state index in [2.05, 4.69) is 39.8 Å². The van der Waals surface area contributed by atoms with Crippen LogP contribution in [0.3, 0.4) is 0 Å². The molecule has 3 atom stereocenters. The average molecular weight is 166 g/mol. The minimum atomic E-state index is 0.688. The molecule has 0 nitrogen and oxygen atoms in total. The maximum Gasteiger partial charge on any atom is -0.0257 e. The SMILES string of the molecule is CC=CC(C)CC1(C)CC1CC. The molecule has 0 aromatic heterocycles. The molecule has 0 spiro atoms. The topological polar surface area (TPSA) is 0 Å². The Kier molecular flexibility index (Phi) is 2.98. The molecule has 3 unspecified atom stereocenters. The Morgan fingerprint density at radius 1 is 1.58 bits per heavy atom. The van der Waals surface area contributed by atoms with Crippen LogP contribution in [0.5, 0.6) is 0 Å². The summed E-state index contributed by atoms with van der Waals surface area (Å²) in [4.78, 5) is 0. The van der Waals surface area contributed by atoms with Crippen molar-refractivity contribution < 1.29 is 0 Å². The van der Waals surface area contributed by atoms with Gasteiger partial charge in [0, 0.05) is 0 Å². The standard InChI is InChI=1S/C12H22/c1-5-7-10(3)8-12(4)9-11(12)6-2/h5,7,10-11H,6,8-9H2,1-4H3. The zero-order valence-electron chi connectivity index (χ0n) is 8.93. The Labute approximate surface area is 77.1 Å². The largest absolute Gasteiger partial charge is 0.0914 e. The van der Waals surface area contributed by atoms with Gasteiger partial charge in [0.2, 0.25) is 0 Å². The Morgan fingerprint density at radius 2 is 2.25 bits per heavy atom. The molecule has 0 aliphatic heterocycles. The lowest BCUT2D eigenvalue weighted by molar-refractivity contribution is 0.404. The Bertz CT molecular complexity index is 169. The van der Waals surface area contributed by atoms with Crippen molar-refractivity contribution in [2.75, 3.05) is 0 Å². The third kappa shape index (κ3) is 2.12. The zero-order chi connectivity index (χ0) is 9.19. The van der Waals surface area contributed by atoms with Crippen molar-refractivity contribution >= 4 is 0 Å². The van der Waals surface area contributed by atoms with Gasteiger partial charge in [-0.25, -0.2) is 0 Å². The van der Waals surface area contributed by atoms with Gasteiger partial charge in [-0.2, -0.15) is 0 Å². The Morgan fingerprint density at radius 3 is 2.67 bits per heavy atom. The number of hydrogen-bond donors (Lipinski definition) is 0. The van der Waals surface area contributed by atoms with E-state index in [4.69, 9.17) is 0 Å². The van der Waals surface area contributed by atoms with Crippen LogP contribution in [-0.4, -0.2) is 0 Å². The molecule has 0 aromatic rings. The molecule has 70 valence electrons. The van der Waals surface area contributed by atoms with Gasteiger partial charge in [-0.05, 0) is 37.0 Å². The summed E-state index contributed by atoms with van der Waals surface area (Å²) < 4.78 is 0. The van der Waals surface area contributed by atoms with E-state index in [0.29, 0.717) is 5.41 Å². The zero-order valence-corrected chi connectivity index (χ0v) is 8.93. The van der Waals surface area contributed by atoms with E-state index in [0.717, 1.165) is 11.8 Å². The van der Waals surface area contributed by atoms with Gasteiger partial charge in [-0.1, -0.05) is 39.3 Å². The van der Waals surface area contributed by atoms with Crippen LogP contribution in [0.25, 0.3) is 0 Å². The fourth-order valence-electron chi connectivity index (χ4n) is 2.52. The quantitative estimate of drug-likeness (QED) is 0.553. The molecule has 0 N–H and O–H groups in total. The predicted molar refractivity (Wildman–Crippen MR) is 55.1 cm³/mol. The van der Waals surface area contributed by atoms with Crippen molar-refractivity contribution in [2.45, 2.75) is 47.0 Å². The third-order valence-corrected chi connectivity index (χ3v) is 3.34. The highest BCUT2D eigenvalue weighted by Crippen LogP contribution is 2.57.